The third-order valence-corrected chi connectivity index (χ3v) is 2.66. The summed E-state index contributed by atoms with van der Waals surface area (Å²) in [6, 6.07) is 8.15. The molecule has 0 spiro atoms. The van der Waals surface area contributed by atoms with Crippen molar-refractivity contribution < 1.29 is 0 Å². The maximum atomic E-state index is 8.99. The molecule has 2 rings (SSSR count). The number of nitrogens with two attached hydrogens (primary N) is 1. The van der Waals surface area contributed by atoms with Crippen molar-refractivity contribution in [2.24, 2.45) is 0 Å². The molecule has 0 amide bonds. The summed E-state index contributed by atoms with van der Waals surface area (Å²) in [5.41, 5.74) is 10.2. The first-order chi connectivity index (χ1) is 8.02. The molecular weight excluding hydrogens is 212 g/mol. The van der Waals surface area contributed by atoms with Crippen LogP contribution >= 0.6 is 0 Å². The van der Waals surface area contributed by atoms with Crippen LogP contribution in [0, 0.1) is 32.1 Å². The molecule has 0 saturated heterocycles. The highest BCUT2D eigenvalue weighted by Gasteiger charge is 2.13. The van der Waals surface area contributed by atoms with Crippen LogP contribution in [0.5, 0.6) is 0 Å². The molecule has 0 saturated carbocycles. The zero-order valence-electron chi connectivity index (χ0n) is 10.2. The molecule has 0 bridgehead atoms. The Balaban J connectivity index is 2.65. The van der Waals surface area contributed by atoms with E-state index in [1.807, 2.05) is 26.0 Å². The number of nitriles is 1. The van der Waals surface area contributed by atoms with Crippen LogP contribution < -0.4 is 5.73 Å². The average Bonchev–Trinajstić information content (AvgIpc) is 2.52. The molecule has 4 heteroatoms. The monoisotopic (exact) mass is 226 g/mol. The van der Waals surface area contributed by atoms with Crippen LogP contribution in [-0.2, 0) is 0 Å². The molecule has 0 aliphatic carbocycles. The zero-order chi connectivity index (χ0) is 12.6. The lowest BCUT2D eigenvalue weighted by Gasteiger charge is -2.06. The molecule has 0 aliphatic heterocycles. The Hall–Kier alpha value is -2.28. The number of anilines is 1. The maximum absolute atomic E-state index is 8.99. The van der Waals surface area contributed by atoms with Gasteiger partial charge in [-0.3, -0.25) is 0 Å². The van der Waals surface area contributed by atoms with Crippen molar-refractivity contribution in [1.82, 2.24) is 9.78 Å². The highest BCUT2D eigenvalue weighted by Crippen LogP contribution is 2.21. The minimum absolute atomic E-state index is 0.398. The van der Waals surface area contributed by atoms with Gasteiger partial charge in [0.05, 0.1) is 11.4 Å². The summed E-state index contributed by atoms with van der Waals surface area (Å²) in [4.78, 5) is 0. The Kier molecular flexibility index (Phi) is 2.60. The van der Waals surface area contributed by atoms with Gasteiger partial charge in [0.25, 0.3) is 0 Å². The van der Waals surface area contributed by atoms with E-state index >= 15 is 0 Å². The summed E-state index contributed by atoms with van der Waals surface area (Å²) in [5, 5.41) is 13.3. The smallest absolute Gasteiger partial charge is 0.145 e. The molecule has 0 atom stereocenters. The predicted molar refractivity (Wildman–Crippen MR) is 66.9 cm³/mol. The molecule has 0 fully saturated rings. The molecular formula is C13H14N4. The average molecular weight is 226 g/mol. The van der Waals surface area contributed by atoms with E-state index in [1.54, 1.807) is 11.6 Å². The second-order valence-corrected chi connectivity index (χ2v) is 4.22. The Labute approximate surface area is 100 Å². The number of aromatic nitrogens is 2. The van der Waals surface area contributed by atoms with Gasteiger partial charge in [0.1, 0.15) is 17.5 Å². The van der Waals surface area contributed by atoms with Gasteiger partial charge in [0.2, 0.25) is 0 Å². The van der Waals surface area contributed by atoms with Gasteiger partial charge in [-0.05, 0) is 44.0 Å². The van der Waals surface area contributed by atoms with Gasteiger partial charge in [-0.25, -0.2) is 4.68 Å². The minimum Gasteiger partial charge on any atom is -0.382 e. The third kappa shape index (κ3) is 1.87. The van der Waals surface area contributed by atoms with E-state index in [0.29, 0.717) is 17.1 Å². The number of rotatable bonds is 1. The fourth-order valence-corrected chi connectivity index (χ4v) is 1.95. The maximum Gasteiger partial charge on any atom is 0.145 e. The summed E-state index contributed by atoms with van der Waals surface area (Å²) in [7, 11) is 0. The van der Waals surface area contributed by atoms with Crippen LogP contribution in [0.3, 0.4) is 0 Å². The van der Waals surface area contributed by atoms with E-state index in [2.05, 4.69) is 17.2 Å². The largest absolute Gasteiger partial charge is 0.382 e. The van der Waals surface area contributed by atoms with E-state index in [-0.39, 0.29) is 0 Å². The van der Waals surface area contributed by atoms with Gasteiger partial charge in [-0.15, -0.1) is 0 Å². The molecule has 86 valence electrons. The summed E-state index contributed by atoms with van der Waals surface area (Å²) in [6.45, 7) is 5.83. The first kappa shape index (κ1) is 11.2. The van der Waals surface area contributed by atoms with E-state index in [9.17, 15) is 0 Å². The normalized spacial score (nSPS) is 10.2. The molecule has 1 aromatic carbocycles. The summed E-state index contributed by atoms with van der Waals surface area (Å²) >= 11 is 0. The Bertz CT molecular complexity index is 597. The molecule has 17 heavy (non-hydrogen) atoms. The first-order valence-corrected chi connectivity index (χ1v) is 5.37. The van der Waals surface area contributed by atoms with Crippen molar-refractivity contribution in [3.63, 3.8) is 0 Å². The number of benzene rings is 1. The number of nitrogen functional groups attached to an aromatic ring is 1. The second-order valence-electron chi connectivity index (χ2n) is 4.22. The minimum atomic E-state index is 0.398. The van der Waals surface area contributed by atoms with Crippen LogP contribution in [0.2, 0.25) is 0 Å². The van der Waals surface area contributed by atoms with Gasteiger partial charge >= 0.3 is 0 Å². The van der Waals surface area contributed by atoms with Crippen LogP contribution in [0.15, 0.2) is 18.2 Å². The predicted octanol–water partition coefficient (Wildman–Crippen LogP) is 2.25. The molecule has 1 aromatic heterocycles. The van der Waals surface area contributed by atoms with E-state index in [1.165, 1.54) is 0 Å². The fraction of sp³-hybridized carbons (Fsp3) is 0.231. The van der Waals surface area contributed by atoms with Crippen LogP contribution in [0.25, 0.3) is 5.69 Å². The Morgan fingerprint density at radius 2 is 1.76 bits per heavy atom. The summed E-state index contributed by atoms with van der Waals surface area (Å²) in [6.07, 6.45) is 0. The first-order valence-electron chi connectivity index (χ1n) is 5.37. The number of nitrogens with zero attached hydrogens (tertiary/aromatic N) is 3. The third-order valence-electron chi connectivity index (χ3n) is 2.66. The highest BCUT2D eigenvalue weighted by atomic mass is 15.3. The molecule has 1 heterocycles. The van der Waals surface area contributed by atoms with Crippen LogP contribution in [0.1, 0.15) is 22.4 Å². The van der Waals surface area contributed by atoms with Crippen molar-refractivity contribution in [2.75, 3.05) is 5.73 Å². The van der Waals surface area contributed by atoms with Gasteiger partial charge < -0.3 is 5.73 Å². The van der Waals surface area contributed by atoms with E-state index < -0.39 is 0 Å². The Morgan fingerprint density at radius 3 is 2.24 bits per heavy atom. The lowest BCUT2D eigenvalue weighted by molar-refractivity contribution is 0.869. The Morgan fingerprint density at radius 1 is 1.18 bits per heavy atom. The number of hydrogen-bond donors (Lipinski definition) is 1. The quantitative estimate of drug-likeness (QED) is 0.810. The van der Waals surface area contributed by atoms with Gasteiger partial charge in [0, 0.05) is 0 Å². The van der Waals surface area contributed by atoms with Crippen molar-refractivity contribution in [3.05, 3.63) is 40.6 Å². The van der Waals surface area contributed by atoms with Gasteiger partial charge in [0.15, 0.2) is 0 Å². The van der Waals surface area contributed by atoms with Gasteiger partial charge in [-0.1, -0.05) is 6.07 Å². The summed E-state index contributed by atoms with van der Waals surface area (Å²) < 4.78 is 1.62. The standard InChI is InChI=1S/C13H14N4/c1-8-4-9(2)6-11(5-8)17-13(15)12(7-14)10(3)16-17/h4-6H,15H2,1-3H3. The molecule has 0 unspecified atom stereocenters. The van der Waals surface area contributed by atoms with Crippen LogP contribution in [-0.4, -0.2) is 9.78 Å². The number of aryl methyl sites for hydroxylation is 3. The van der Waals surface area contributed by atoms with Crippen LogP contribution in [0.4, 0.5) is 5.82 Å². The molecule has 2 N–H and O–H groups in total. The van der Waals surface area contributed by atoms with Crippen molar-refractivity contribution >= 4 is 5.82 Å². The van der Waals surface area contributed by atoms with Crippen molar-refractivity contribution in [3.8, 4) is 11.8 Å². The second kappa shape index (κ2) is 3.95. The fourth-order valence-electron chi connectivity index (χ4n) is 1.95. The molecule has 2 aromatic rings. The molecule has 4 nitrogen and oxygen atoms in total. The van der Waals surface area contributed by atoms with E-state index in [4.69, 9.17) is 11.0 Å². The topological polar surface area (TPSA) is 67.6 Å². The molecule has 0 radical (unpaired) electrons. The van der Waals surface area contributed by atoms with Gasteiger partial charge in [-0.2, -0.15) is 10.4 Å². The number of hydrogen-bond acceptors (Lipinski definition) is 3. The van der Waals surface area contributed by atoms with Crippen molar-refractivity contribution in [2.45, 2.75) is 20.8 Å². The lowest BCUT2D eigenvalue weighted by atomic mass is 10.1. The zero-order valence-corrected chi connectivity index (χ0v) is 10.2. The highest BCUT2D eigenvalue weighted by molar-refractivity contribution is 5.56. The lowest BCUT2D eigenvalue weighted by Crippen LogP contribution is -2.03. The SMILES string of the molecule is Cc1cc(C)cc(-n2nc(C)c(C#N)c2N)c1. The van der Waals surface area contributed by atoms with E-state index in [0.717, 1.165) is 16.8 Å². The summed E-state index contributed by atoms with van der Waals surface area (Å²) in [5.74, 6) is 0.398. The van der Waals surface area contributed by atoms with Crippen molar-refractivity contribution in [1.29, 1.82) is 5.26 Å². The molecule has 0 aliphatic rings.